The van der Waals surface area contributed by atoms with Crippen LogP contribution in [0.3, 0.4) is 0 Å². The Morgan fingerprint density at radius 1 is 0.622 bits per heavy atom. The average molecular weight is 644 g/mol. The maximum Gasteiger partial charge on any atom is 0.323 e. The Bertz CT molecular complexity index is 959. The number of carboxylic acid groups (broad SMARTS) is 1. The van der Waals surface area contributed by atoms with Crippen molar-refractivity contribution < 1.29 is 43.6 Å². The minimum atomic E-state index is -1.14. The molecule has 14 heteroatoms. The minimum absolute atomic E-state index is 0.0272. The fourth-order valence-corrected chi connectivity index (χ4v) is 5.32. The summed E-state index contributed by atoms with van der Waals surface area (Å²) in [5, 5.41) is 23.4. The van der Waals surface area contributed by atoms with E-state index in [9.17, 15) is 29.4 Å². The summed E-state index contributed by atoms with van der Waals surface area (Å²) in [6.45, 7) is 20.1. The number of nitrogens with one attached hydrogen (secondary N) is 1. The molecule has 0 amide bonds. The zero-order valence-electron chi connectivity index (χ0n) is 28.8. The summed E-state index contributed by atoms with van der Waals surface area (Å²) < 4.78 is 16.7. The number of hydrogen-bond acceptors (Lipinski definition) is 13. The van der Waals surface area contributed by atoms with E-state index in [1.54, 1.807) is 0 Å². The van der Waals surface area contributed by atoms with Gasteiger partial charge in [0.1, 0.15) is 22.8 Å². The molecule has 2 rings (SSSR count). The van der Waals surface area contributed by atoms with Gasteiger partial charge in [-0.05, 0) is 62.3 Å². The molecule has 0 aliphatic carbocycles. The van der Waals surface area contributed by atoms with E-state index in [4.69, 9.17) is 14.2 Å². The zero-order chi connectivity index (χ0) is 34.2. The summed E-state index contributed by atoms with van der Waals surface area (Å²) in [6, 6.07) is -1.57. The Balaban J connectivity index is 2.33. The van der Waals surface area contributed by atoms with Gasteiger partial charge in [-0.3, -0.25) is 38.8 Å². The lowest BCUT2D eigenvalue weighted by atomic mass is 10.1. The summed E-state index contributed by atoms with van der Waals surface area (Å²) in [6.07, 6.45) is -1.14. The lowest BCUT2D eigenvalue weighted by molar-refractivity contribution is -0.158. The molecule has 0 bridgehead atoms. The van der Waals surface area contributed by atoms with Crippen LogP contribution in [-0.2, 0) is 33.4 Å². The van der Waals surface area contributed by atoms with E-state index in [1.807, 2.05) is 81.9 Å². The molecular formula is C31H57N5O9. The molecule has 0 unspecified atom stereocenters. The molecule has 0 aromatic carbocycles. The van der Waals surface area contributed by atoms with E-state index in [1.165, 1.54) is 0 Å². The number of aliphatic carboxylic acids is 1. The van der Waals surface area contributed by atoms with Gasteiger partial charge in [0.05, 0.1) is 31.8 Å². The summed E-state index contributed by atoms with van der Waals surface area (Å²) in [7, 11) is 0. The maximum absolute atomic E-state index is 12.8. The zero-order valence-corrected chi connectivity index (χ0v) is 28.8. The second-order valence-corrected chi connectivity index (χ2v) is 14.9. The molecule has 3 atom stereocenters. The Labute approximate surface area is 268 Å². The molecule has 0 radical (unpaired) electrons. The number of rotatable bonds is 8. The standard InChI is InChI=1S/C31H57N5O9/c1-29(2,3)43-23(37)19-33-10-12-34(20-24(38)44-30(4,5)6)14-16-36(22-18-32-26(27(22)40)28(41)42)17-15-35(13-11-33)21-25(39)45-31(7,8)9/h22,26-27,32,40H,10-21H2,1-9H3,(H,41,42)/t22-,26-,27+/m1/s1. The van der Waals surface area contributed by atoms with Gasteiger partial charge in [-0.2, -0.15) is 0 Å². The third kappa shape index (κ3) is 15.2. The van der Waals surface area contributed by atoms with Gasteiger partial charge in [0.15, 0.2) is 0 Å². The highest BCUT2D eigenvalue weighted by Gasteiger charge is 2.42. The molecule has 0 aromatic heterocycles. The number of aliphatic hydroxyl groups is 1. The normalized spacial score (nSPS) is 24.4. The quantitative estimate of drug-likeness (QED) is 0.240. The highest BCUT2D eigenvalue weighted by Crippen LogP contribution is 2.17. The fraction of sp³-hybridized carbons (Fsp3) is 0.871. The van der Waals surface area contributed by atoms with Crippen molar-refractivity contribution in [3.05, 3.63) is 0 Å². The van der Waals surface area contributed by atoms with E-state index in [0.717, 1.165) is 0 Å². The molecule has 260 valence electrons. The molecule has 2 fully saturated rings. The van der Waals surface area contributed by atoms with Crippen molar-refractivity contribution in [3.8, 4) is 0 Å². The monoisotopic (exact) mass is 643 g/mol. The van der Waals surface area contributed by atoms with E-state index < -0.39 is 41.0 Å². The van der Waals surface area contributed by atoms with Gasteiger partial charge >= 0.3 is 23.9 Å². The van der Waals surface area contributed by atoms with E-state index in [0.29, 0.717) is 52.4 Å². The van der Waals surface area contributed by atoms with Gasteiger partial charge in [-0.25, -0.2) is 0 Å². The molecule has 0 aromatic rings. The third-order valence-electron chi connectivity index (χ3n) is 7.21. The lowest BCUT2D eigenvalue weighted by Gasteiger charge is -2.37. The number of aliphatic hydroxyl groups excluding tert-OH is 1. The molecular weight excluding hydrogens is 586 g/mol. The van der Waals surface area contributed by atoms with Gasteiger partial charge in [-0.1, -0.05) is 0 Å². The van der Waals surface area contributed by atoms with Gasteiger partial charge in [-0.15, -0.1) is 0 Å². The van der Waals surface area contributed by atoms with Crippen LogP contribution in [0.25, 0.3) is 0 Å². The topological polar surface area (TPSA) is 161 Å². The van der Waals surface area contributed by atoms with Crippen LogP contribution in [0.1, 0.15) is 62.3 Å². The molecule has 45 heavy (non-hydrogen) atoms. The van der Waals surface area contributed by atoms with Crippen molar-refractivity contribution in [2.24, 2.45) is 0 Å². The molecule has 2 saturated heterocycles. The van der Waals surface area contributed by atoms with Crippen LogP contribution < -0.4 is 5.32 Å². The van der Waals surface area contributed by atoms with Gasteiger partial charge in [0.25, 0.3) is 0 Å². The molecule has 0 saturated carbocycles. The van der Waals surface area contributed by atoms with Gasteiger partial charge in [0, 0.05) is 58.9 Å². The van der Waals surface area contributed by atoms with Crippen molar-refractivity contribution in [1.82, 2.24) is 24.9 Å². The first-order valence-electron chi connectivity index (χ1n) is 15.8. The van der Waals surface area contributed by atoms with Crippen LogP contribution in [0.2, 0.25) is 0 Å². The van der Waals surface area contributed by atoms with Crippen LogP contribution in [0.5, 0.6) is 0 Å². The Morgan fingerprint density at radius 2 is 0.933 bits per heavy atom. The van der Waals surface area contributed by atoms with Crippen molar-refractivity contribution in [2.75, 3.05) is 78.5 Å². The van der Waals surface area contributed by atoms with E-state index >= 15 is 0 Å². The average Bonchev–Trinajstić information content (AvgIpc) is 3.21. The van der Waals surface area contributed by atoms with Gasteiger partial charge < -0.3 is 29.7 Å². The van der Waals surface area contributed by atoms with Crippen LogP contribution >= 0.6 is 0 Å². The summed E-state index contributed by atoms with van der Waals surface area (Å²) in [4.78, 5) is 58.1. The highest BCUT2D eigenvalue weighted by molar-refractivity contribution is 5.75. The predicted octanol–water partition coefficient (Wildman–Crippen LogP) is 0.0190. The molecule has 14 nitrogen and oxygen atoms in total. The van der Waals surface area contributed by atoms with Crippen molar-refractivity contribution in [1.29, 1.82) is 0 Å². The number of esters is 3. The first kappa shape index (κ1) is 38.8. The van der Waals surface area contributed by atoms with Crippen molar-refractivity contribution in [2.45, 2.75) is 97.3 Å². The smallest absolute Gasteiger partial charge is 0.323 e. The highest BCUT2D eigenvalue weighted by atomic mass is 16.6. The largest absolute Gasteiger partial charge is 0.480 e. The first-order chi connectivity index (χ1) is 20.6. The molecule has 0 spiro atoms. The Morgan fingerprint density at radius 3 is 1.20 bits per heavy atom. The summed E-state index contributed by atoms with van der Waals surface area (Å²) in [5.41, 5.74) is -1.94. The Kier molecular flexibility index (Phi) is 14.2. The van der Waals surface area contributed by atoms with Crippen LogP contribution in [0.4, 0.5) is 0 Å². The maximum atomic E-state index is 12.8. The minimum Gasteiger partial charge on any atom is -0.480 e. The number of nitrogens with zero attached hydrogens (tertiary/aromatic N) is 4. The fourth-order valence-electron chi connectivity index (χ4n) is 5.32. The number of ether oxygens (including phenoxy) is 3. The van der Waals surface area contributed by atoms with Crippen molar-refractivity contribution >= 4 is 23.9 Å². The van der Waals surface area contributed by atoms with Crippen LogP contribution in [0, 0.1) is 0 Å². The predicted molar refractivity (Wildman–Crippen MR) is 168 cm³/mol. The van der Waals surface area contributed by atoms with Crippen LogP contribution in [0.15, 0.2) is 0 Å². The summed E-state index contributed by atoms with van der Waals surface area (Å²) in [5.74, 6) is -2.25. The van der Waals surface area contributed by atoms with E-state index in [2.05, 4.69) is 5.32 Å². The molecule has 3 N–H and O–H groups in total. The third-order valence-corrected chi connectivity index (χ3v) is 7.21. The lowest BCUT2D eigenvalue weighted by Crippen LogP contribution is -2.53. The number of carboxylic acids is 1. The Hall–Kier alpha value is -2.36. The molecule has 2 aliphatic heterocycles. The SMILES string of the molecule is CC(C)(C)OC(=O)CN1CCN(CC(=O)OC(C)(C)C)CCN([C@@H]2CN[C@@H](C(=O)O)[C@H]2O)CCN(CC(=O)OC(C)(C)C)CC1. The number of hydrogen-bond donors (Lipinski definition) is 3. The van der Waals surface area contributed by atoms with Gasteiger partial charge in [0.2, 0.25) is 0 Å². The second kappa shape index (κ2) is 16.5. The molecule has 2 heterocycles. The van der Waals surface area contributed by atoms with Crippen LogP contribution in [-0.4, -0.2) is 167 Å². The van der Waals surface area contributed by atoms with E-state index in [-0.39, 0.29) is 44.1 Å². The number of carbonyl (C=O) groups is 4. The second-order valence-electron chi connectivity index (χ2n) is 14.9. The summed E-state index contributed by atoms with van der Waals surface area (Å²) >= 11 is 0. The molecule has 2 aliphatic rings. The number of carbonyl (C=O) groups excluding carboxylic acids is 3. The van der Waals surface area contributed by atoms with Crippen molar-refractivity contribution in [3.63, 3.8) is 0 Å². The first-order valence-corrected chi connectivity index (χ1v) is 15.8.